The summed E-state index contributed by atoms with van der Waals surface area (Å²) in [6.45, 7) is 3.16. The third kappa shape index (κ3) is 3.24. The number of nitrogens with one attached hydrogen (secondary N) is 1. The number of amides is 1. The van der Waals surface area contributed by atoms with E-state index in [1.165, 1.54) is 11.3 Å². The molecule has 0 fully saturated rings. The Morgan fingerprint density at radius 2 is 2.11 bits per heavy atom. The summed E-state index contributed by atoms with van der Waals surface area (Å²) in [4.78, 5) is 31.1. The molecule has 1 aromatic carbocycles. The van der Waals surface area contributed by atoms with Crippen molar-refractivity contribution in [3.8, 4) is 11.5 Å². The van der Waals surface area contributed by atoms with E-state index in [-0.39, 0.29) is 11.5 Å². The Kier molecular flexibility index (Phi) is 5.04. The highest BCUT2D eigenvalue weighted by atomic mass is 32.1. The molecule has 1 amide bonds. The molecule has 0 bridgehead atoms. The first-order valence-corrected chi connectivity index (χ1v) is 9.98. The van der Waals surface area contributed by atoms with E-state index >= 15 is 0 Å². The molecule has 0 spiro atoms. The summed E-state index contributed by atoms with van der Waals surface area (Å²) in [5.41, 5.74) is 0.660. The second kappa shape index (κ2) is 7.63. The minimum atomic E-state index is -0.214. The van der Waals surface area contributed by atoms with Gasteiger partial charge in [0.2, 0.25) is 0 Å². The second-order valence-electron chi connectivity index (χ2n) is 6.58. The average molecular weight is 399 g/mol. The lowest BCUT2D eigenvalue weighted by atomic mass is 10.2. The Bertz CT molecular complexity index is 1100. The van der Waals surface area contributed by atoms with Crippen molar-refractivity contribution < 1.29 is 14.3 Å². The van der Waals surface area contributed by atoms with Crippen LogP contribution in [0.4, 0.5) is 0 Å². The van der Waals surface area contributed by atoms with Crippen molar-refractivity contribution in [1.29, 1.82) is 0 Å². The normalized spacial score (nSPS) is 12.8. The van der Waals surface area contributed by atoms with E-state index < -0.39 is 0 Å². The third-order valence-electron chi connectivity index (χ3n) is 4.83. The standard InChI is InChI=1S/C20H21N3O4S/c1-12-16-19(22-15-8-5-10-23(15)20(16)25)28-17(12)18(24)21-9-11-27-14-7-4-3-6-13(14)26-2/h3-4,6-7H,5,8-11H2,1-2H3,(H,21,24). The Hall–Kier alpha value is -2.87. The van der Waals surface area contributed by atoms with Crippen LogP contribution >= 0.6 is 11.3 Å². The summed E-state index contributed by atoms with van der Waals surface area (Å²) in [5.74, 6) is 1.88. The number of hydrogen-bond donors (Lipinski definition) is 1. The minimum absolute atomic E-state index is 0.0372. The minimum Gasteiger partial charge on any atom is -0.493 e. The molecular formula is C20H21N3O4S. The van der Waals surface area contributed by atoms with Crippen LogP contribution in [-0.2, 0) is 13.0 Å². The molecule has 1 aliphatic heterocycles. The number of fused-ring (bicyclic) bond motifs is 2. The number of aromatic nitrogens is 2. The fraction of sp³-hybridized carbons (Fsp3) is 0.350. The van der Waals surface area contributed by atoms with Gasteiger partial charge in [-0.3, -0.25) is 14.2 Å². The molecule has 2 aromatic heterocycles. The number of carbonyl (C=O) groups is 1. The molecule has 0 saturated heterocycles. The molecule has 0 unspecified atom stereocenters. The number of para-hydroxylation sites is 2. The first-order chi connectivity index (χ1) is 13.6. The van der Waals surface area contributed by atoms with Crippen LogP contribution in [0.25, 0.3) is 10.2 Å². The third-order valence-corrected chi connectivity index (χ3v) is 6.02. The molecule has 28 heavy (non-hydrogen) atoms. The molecule has 1 N–H and O–H groups in total. The Balaban J connectivity index is 1.45. The number of carbonyl (C=O) groups excluding carboxylic acids is 1. The maximum atomic E-state index is 12.7. The number of hydrogen-bond acceptors (Lipinski definition) is 6. The smallest absolute Gasteiger partial charge is 0.262 e. The molecule has 3 heterocycles. The van der Waals surface area contributed by atoms with E-state index in [1.54, 1.807) is 11.7 Å². The van der Waals surface area contributed by atoms with Crippen LogP contribution in [-0.4, -0.2) is 35.7 Å². The van der Waals surface area contributed by atoms with Gasteiger partial charge in [0.1, 0.15) is 17.3 Å². The lowest BCUT2D eigenvalue weighted by Crippen LogP contribution is -2.28. The SMILES string of the molecule is COc1ccccc1OCCNC(=O)c1sc2nc3n(c(=O)c2c1C)CCC3. The van der Waals surface area contributed by atoms with Gasteiger partial charge in [0, 0.05) is 13.0 Å². The van der Waals surface area contributed by atoms with Crippen molar-refractivity contribution in [2.24, 2.45) is 0 Å². The van der Waals surface area contributed by atoms with E-state index in [1.807, 2.05) is 31.2 Å². The number of nitrogens with zero attached hydrogens (tertiary/aromatic N) is 2. The molecule has 8 heteroatoms. The van der Waals surface area contributed by atoms with E-state index in [0.717, 1.165) is 18.7 Å². The predicted molar refractivity (Wildman–Crippen MR) is 108 cm³/mol. The zero-order chi connectivity index (χ0) is 19.7. The molecule has 7 nitrogen and oxygen atoms in total. The molecular weight excluding hydrogens is 378 g/mol. The highest BCUT2D eigenvalue weighted by molar-refractivity contribution is 7.20. The zero-order valence-electron chi connectivity index (χ0n) is 15.8. The van der Waals surface area contributed by atoms with Crippen molar-refractivity contribution in [2.45, 2.75) is 26.3 Å². The second-order valence-corrected chi connectivity index (χ2v) is 7.58. The van der Waals surface area contributed by atoms with Gasteiger partial charge in [0.25, 0.3) is 11.5 Å². The number of benzene rings is 1. The van der Waals surface area contributed by atoms with Gasteiger partial charge in [0.05, 0.1) is 23.9 Å². The topological polar surface area (TPSA) is 82.4 Å². The van der Waals surface area contributed by atoms with Crippen molar-refractivity contribution in [1.82, 2.24) is 14.9 Å². The molecule has 4 rings (SSSR count). The van der Waals surface area contributed by atoms with Crippen molar-refractivity contribution in [3.05, 3.63) is 50.9 Å². The predicted octanol–water partition coefficient (Wildman–Crippen LogP) is 2.53. The van der Waals surface area contributed by atoms with Gasteiger partial charge >= 0.3 is 0 Å². The Morgan fingerprint density at radius 1 is 1.32 bits per heavy atom. The number of rotatable bonds is 6. The molecule has 0 atom stereocenters. The number of thiophene rings is 1. The van der Waals surface area contributed by atoms with E-state index in [2.05, 4.69) is 10.3 Å². The van der Waals surface area contributed by atoms with Crippen LogP contribution in [0.15, 0.2) is 29.1 Å². The zero-order valence-corrected chi connectivity index (χ0v) is 16.6. The van der Waals surface area contributed by atoms with Crippen molar-refractivity contribution in [2.75, 3.05) is 20.3 Å². The van der Waals surface area contributed by atoms with Crippen LogP contribution in [0.2, 0.25) is 0 Å². The van der Waals surface area contributed by atoms with Crippen molar-refractivity contribution in [3.63, 3.8) is 0 Å². The van der Waals surface area contributed by atoms with Crippen LogP contribution in [0, 0.1) is 6.92 Å². The lowest BCUT2D eigenvalue weighted by molar-refractivity contribution is 0.0950. The Labute approximate surface area is 165 Å². The fourth-order valence-electron chi connectivity index (χ4n) is 3.44. The van der Waals surface area contributed by atoms with Gasteiger partial charge in [0.15, 0.2) is 11.5 Å². The summed E-state index contributed by atoms with van der Waals surface area (Å²) in [5, 5.41) is 3.42. The van der Waals surface area contributed by atoms with Crippen molar-refractivity contribution >= 4 is 27.5 Å². The van der Waals surface area contributed by atoms with E-state index in [0.29, 0.717) is 51.9 Å². The number of ether oxygens (including phenoxy) is 2. The summed E-state index contributed by atoms with van der Waals surface area (Å²) in [6, 6.07) is 7.36. The average Bonchev–Trinajstić information content (AvgIpc) is 3.30. The quantitative estimate of drug-likeness (QED) is 0.644. The number of aryl methyl sites for hydroxylation is 2. The van der Waals surface area contributed by atoms with E-state index in [4.69, 9.17) is 9.47 Å². The molecule has 0 radical (unpaired) electrons. The van der Waals surface area contributed by atoms with Gasteiger partial charge in [-0.2, -0.15) is 0 Å². The van der Waals surface area contributed by atoms with Crippen LogP contribution in [0.1, 0.15) is 27.5 Å². The maximum absolute atomic E-state index is 12.7. The largest absolute Gasteiger partial charge is 0.493 e. The molecule has 3 aromatic rings. The van der Waals surface area contributed by atoms with Gasteiger partial charge in [-0.25, -0.2) is 4.98 Å². The van der Waals surface area contributed by atoms with Gasteiger partial charge in [-0.05, 0) is 31.0 Å². The number of methoxy groups -OCH3 is 1. The summed E-state index contributed by atoms with van der Waals surface area (Å²) in [6.07, 6.45) is 1.75. The fourth-order valence-corrected chi connectivity index (χ4v) is 4.54. The first kappa shape index (κ1) is 18.5. The summed E-state index contributed by atoms with van der Waals surface area (Å²) in [7, 11) is 1.58. The summed E-state index contributed by atoms with van der Waals surface area (Å²) >= 11 is 1.28. The maximum Gasteiger partial charge on any atom is 0.262 e. The summed E-state index contributed by atoms with van der Waals surface area (Å²) < 4.78 is 12.6. The van der Waals surface area contributed by atoms with Crippen LogP contribution in [0.5, 0.6) is 11.5 Å². The Morgan fingerprint density at radius 3 is 2.89 bits per heavy atom. The molecule has 0 saturated carbocycles. The lowest BCUT2D eigenvalue weighted by Gasteiger charge is -2.10. The monoisotopic (exact) mass is 399 g/mol. The van der Waals surface area contributed by atoms with Crippen LogP contribution in [0.3, 0.4) is 0 Å². The van der Waals surface area contributed by atoms with E-state index in [9.17, 15) is 9.59 Å². The first-order valence-electron chi connectivity index (χ1n) is 9.17. The molecule has 146 valence electrons. The van der Waals surface area contributed by atoms with Gasteiger partial charge in [-0.15, -0.1) is 11.3 Å². The van der Waals surface area contributed by atoms with Crippen LogP contribution < -0.4 is 20.3 Å². The molecule has 0 aliphatic carbocycles. The van der Waals surface area contributed by atoms with Gasteiger partial charge < -0.3 is 14.8 Å². The molecule has 1 aliphatic rings. The highest BCUT2D eigenvalue weighted by Crippen LogP contribution is 2.28. The highest BCUT2D eigenvalue weighted by Gasteiger charge is 2.23. The van der Waals surface area contributed by atoms with Gasteiger partial charge in [-0.1, -0.05) is 12.1 Å².